The van der Waals surface area contributed by atoms with E-state index in [1.165, 1.54) is 30.2 Å². The van der Waals surface area contributed by atoms with Crippen molar-refractivity contribution >= 4 is 58.0 Å². The maximum Gasteiger partial charge on any atom is 0.311 e. The molecule has 0 aromatic heterocycles. The summed E-state index contributed by atoms with van der Waals surface area (Å²) in [5.41, 5.74) is -0.0725. The fraction of sp³-hybridized carbons (Fsp3) is 0.250. The lowest BCUT2D eigenvalue weighted by Crippen LogP contribution is -2.28. The number of methoxy groups -OCH3 is 1. The van der Waals surface area contributed by atoms with E-state index in [2.05, 4.69) is 5.32 Å². The Morgan fingerprint density at radius 1 is 1.28 bits per heavy atom. The molecule has 1 fully saturated rings. The number of benzene rings is 2. The standard InChI is InChI=1S/C20H17Cl2N3O7/c1-31-12-5-6-15(25(29)30)14(8-12)23-17(26)10-32-20(28)11-7-18(27)24(9-11)16-4-2-3-13(21)19(16)22/h2-6,8,11H,7,9-10H2,1H3,(H,23,26)/t11-/m0/s1. The van der Waals surface area contributed by atoms with Crippen LogP contribution in [0.15, 0.2) is 36.4 Å². The Kier molecular flexibility index (Phi) is 7.16. The first kappa shape index (κ1) is 23.3. The molecule has 1 N–H and O–H groups in total. The summed E-state index contributed by atoms with van der Waals surface area (Å²) < 4.78 is 10.0. The Morgan fingerprint density at radius 3 is 2.72 bits per heavy atom. The van der Waals surface area contributed by atoms with Gasteiger partial charge in [0.05, 0.1) is 33.7 Å². The van der Waals surface area contributed by atoms with Crippen LogP contribution in [0.2, 0.25) is 10.0 Å². The molecule has 10 nitrogen and oxygen atoms in total. The zero-order chi connectivity index (χ0) is 23.4. The molecule has 0 unspecified atom stereocenters. The molecular weight excluding hydrogens is 465 g/mol. The van der Waals surface area contributed by atoms with E-state index >= 15 is 0 Å². The van der Waals surface area contributed by atoms with Crippen molar-refractivity contribution in [1.29, 1.82) is 0 Å². The van der Waals surface area contributed by atoms with E-state index in [4.69, 9.17) is 32.7 Å². The van der Waals surface area contributed by atoms with Gasteiger partial charge in [0.1, 0.15) is 11.4 Å². The van der Waals surface area contributed by atoms with Gasteiger partial charge in [-0.15, -0.1) is 0 Å². The molecule has 3 rings (SSSR count). The number of hydrogen-bond acceptors (Lipinski definition) is 7. The first-order valence-electron chi connectivity index (χ1n) is 9.24. The normalized spacial score (nSPS) is 15.4. The van der Waals surface area contributed by atoms with Gasteiger partial charge in [-0.05, 0) is 18.2 Å². The van der Waals surface area contributed by atoms with Gasteiger partial charge < -0.3 is 19.7 Å². The molecule has 0 radical (unpaired) electrons. The lowest BCUT2D eigenvalue weighted by molar-refractivity contribution is -0.383. The lowest BCUT2D eigenvalue weighted by Gasteiger charge is -2.18. The second-order valence-corrected chi connectivity index (χ2v) is 7.56. The first-order valence-corrected chi connectivity index (χ1v) is 10.00. The molecule has 2 aromatic carbocycles. The topological polar surface area (TPSA) is 128 Å². The number of anilines is 2. The van der Waals surface area contributed by atoms with Crippen molar-refractivity contribution in [1.82, 2.24) is 0 Å². The summed E-state index contributed by atoms with van der Waals surface area (Å²) in [4.78, 5) is 48.7. The van der Waals surface area contributed by atoms with E-state index in [0.717, 1.165) is 0 Å². The fourth-order valence-corrected chi connectivity index (χ4v) is 3.54. The fourth-order valence-electron chi connectivity index (χ4n) is 3.14. The third kappa shape index (κ3) is 5.09. The zero-order valence-electron chi connectivity index (χ0n) is 16.7. The number of carbonyl (C=O) groups is 3. The van der Waals surface area contributed by atoms with Crippen molar-refractivity contribution in [2.24, 2.45) is 5.92 Å². The molecule has 0 bridgehead atoms. The minimum absolute atomic E-state index is 0.0146. The minimum Gasteiger partial charge on any atom is -0.497 e. The number of rotatable bonds is 7. The van der Waals surface area contributed by atoms with Crippen molar-refractivity contribution in [3.05, 3.63) is 56.6 Å². The third-order valence-electron chi connectivity index (χ3n) is 4.70. The Balaban J connectivity index is 1.60. The molecule has 0 aliphatic carbocycles. The van der Waals surface area contributed by atoms with Crippen molar-refractivity contribution in [2.75, 3.05) is 30.5 Å². The van der Waals surface area contributed by atoms with Gasteiger partial charge in [0.25, 0.3) is 11.6 Å². The number of halogens is 2. The molecule has 32 heavy (non-hydrogen) atoms. The Morgan fingerprint density at radius 2 is 2.03 bits per heavy atom. The summed E-state index contributed by atoms with van der Waals surface area (Å²) in [6.07, 6.45) is -0.120. The first-order chi connectivity index (χ1) is 15.2. The number of nitro groups is 1. The average Bonchev–Trinajstić information content (AvgIpc) is 3.15. The Bertz CT molecular complexity index is 1090. The average molecular weight is 482 g/mol. The minimum atomic E-state index is -0.809. The number of hydrogen-bond donors (Lipinski definition) is 1. The van der Waals surface area contributed by atoms with Gasteiger partial charge >= 0.3 is 5.97 Å². The van der Waals surface area contributed by atoms with Gasteiger partial charge in [0.15, 0.2) is 6.61 Å². The maximum atomic E-state index is 12.4. The van der Waals surface area contributed by atoms with Crippen LogP contribution < -0.4 is 15.0 Å². The Labute approximate surface area is 192 Å². The van der Waals surface area contributed by atoms with E-state index in [9.17, 15) is 24.5 Å². The second kappa shape index (κ2) is 9.84. The SMILES string of the molecule is COc1ccc([N+](=O)[O-])c(NC(=O)COC(=O)[C@H]2CC(=O)N(c3cccc(Cl)c3Cl)C2)c1. The molecule has 1 saturated heterocycles. The molecular formula is C20H17Cl2N3O7. The van der Waals surface area contributed by atoms with Crippen LogP contribution in [-0.2, 0) is 19.1 Å². The highest BCUT2D eigenvalue weighted by Gasteiger charge is 2.37. The predicted octanol–water partition coefficient (Wildman–Crippen LogP) is 3.45. The molecule has 12 heteroatoms. The van der Waals surface area contributed by atoms with Crippen LogP contribution in [0, 0.1) is 16.0 Å². The van der Waals surface area contributed by atoms with Gasteiger partial charge in [-0.3, -0.25) is 24.5 Å². The number of esters is 1. The van der Waals surface area contributed by atoms with Crippen molar-refractivity contribution in [3.63, 3.8) is 0 Å². The van der Waals surface area contributed by atoms with E-state index in [0.29, 0.717) is 11.4 Å². The highest BCUT2D eigenvalue weighted by atomic mass is 35.5. The van der Waals surface area contributed by atoms with Gasteiger partial charge in [0.2, 0.25) is 5.91 Å². The molecule has 1 aliphatic heterocycles. The molecule has 1 aliphatic rings. The molecule has 1 atom stereocenters. The van der Waals surface area contributed by atoms with Crippen LogP contribution in [0.5, 0.6) is 5.75 Å². The third-order valence-corrected chi connectivity index (χ3v) is 5.51. The Hall–Kier alpha value is -3.37. The lowest BCUT2D eigenvalue weighted by atomic mass is 10.1. The van der Waals surface area contributed by atoms with Crippen molar-refractivity contribution in [2.45, 2.75) is 6.42 Å². The molecule has 1 heterocycles. The highest BCUT2D eigenvalue weighted by molar-refractivity contribution is 6.44. The second-order valence-electron chi connectivity index (χ2n) is 6.77. The predicted molar refractivity (Wildman–Crippen MR) is 116 cm³/mol. The van der Waals surface area contributed by atoms with Crippen LogP contribution in [0.3, 0.4) is 0 Å². The smallest absolute Gasteiger partial charge is 0.311 e. The number of nitrogens with zero attached hydrogens (tertiary/aromatic N) is 2. The van der Waals surface area contributed by atoms with Gasteiger partial charge in [-0.25, -0.2) is 0 Å². The van der Waals surface area contributed by atoms with Crippen molar-refractivity contribution < 1.29 is 28.8 Å². The summed E-state index contributed by atoms with van der Waals surface area (Å²) in [6, 6.07) is 8.65. The summed E-state index contributed by atoms with van der Waals surface area (Å²) >= 11 is 12.1. The van der Waals surface area contributed by atoms with Crippen LogP contribution in [0.1, 0.15) is 6.42 Å². The summed E-state index contributed by atoms with van der Waals surface area (Å²) in [5.74, 6) is -2.39. The number of nitrogens with one attached hydrogen (secondary N) is 1. The largest absolute Gasteiger partial charge is 0.497 e. The number of carbonyl (C=O) groups excluding carboxylic acids is 3. The van der Waals surface area contributed by atoms with Crippen LogP contribution in [-0.4, -0.2) is 43.0 Å². The quantitative estimate of drug-likeness (QED) is 0.364. The maximum absolute atomic E-state index is 12.4. The highest BCUT2D eigenvalue weighted by Crippen LogP contribution is 2.36. The van der Waals surface area contributed by atoms with Gasteiger partial charge in [-0.1, -0.05) is 29.3 Å². The zero-order valence-corrected chi connectivity index (χ0v) is 18.2. The summed E-state index contributed by atoms with van der Waals surface area (Å²) in [5, 5.41) is 13.9. The van der Waals surface area contributed by atoms with Crippen LogP contribution in [0.4, 0.5) is 17.1 Å². The number of amides is 2. The number of ether oxygens (including phenoxy) is 2. The van der Waals surface area contributed by atoms with E-state index in [1.807, 2.05) is 0 Å². The van der Waals surface area contributed by atoms with Gasteiger partial charge in [-0.2, -0.15) is 0 Å². The summed E-state index contributed by atoms with van der Waals surface area (Å²) in [7, 11) is 1.37. The molecule has 2 aromatic rings. The summed E-state index contributed by atoms with van der Waals surface area (Å²) in [6.45, 7) is -0.670. The molecule has 0 spiro atoms. The van der Waals surface area contributed by atoms with Gasteiger partial charge in [0, 0.05) is 25.1 Å². The number of nitro benzene ring substituents is 1. The van der Waals surface area contributed by atoms with E-state index in [-0.39, 0.29) is 40.3 Å². The monoisotopic (exact) mass is 481 g/mol. The van der Waals surface area contributed by atoms with Crippen LogP contribution >= 0.6 is 23.2 Å². The molecule has 168 valence electrons. The van der Waals surface area contributed by atoms with E-state index < -0.39 is 29.3 Å². The molecule has 0 saturated carbocycles. The van der Waals surface area contributed by atoms with Crippen LogP contribution in [0.25, 0.3) is 0 Å². The van der Waals surface area contributed by atoms with Crippen molar-refractivity contribution in [3.8, 4) is 5.75 Å². The van der Waals surface area contributed by atoms with E-state index in [1.54, 1.807) is 18.2 Å². The molecule has 2 amide bonds.